The molecule has 1 saturated carbocycles. The van der Waals surface area contributed by atoms with Crippen molar-refractivity contribution >= 4 is 60.2 Å². The van der Waals surface area contributed by atoms with E-state index >= 15 is 0 Å². The molecule has 668 valence electrons. The molecular formula is C83H146N2O29P-. The van der Waals surface area contributed by atoms with Crippen molar-refractivity contribution in [3.8, 4) is 0 Å². The van der Waals surface area contributed by atoms with Gasteiger partial charge < -0.3 is 114 Å². The van der Waals surface area contributed by atoms with Crippen molar-refractivity contribution in [2.75, 3.05) is 99.0 Å². The maximum atomic E-state index is 14.2. The summed E-state index contributed by atoms with van der Waals surface area (Å²) >= 11 is 0. The van der Waals surface area contributed by atoms with E-state index in [4.69, 9.17) is 47.2 Å². The van der Waals surface area contributed by atoms with Gasteiger partial charge in [0.2, 0.25) is 11.8 Å². The SMILES string of the molecule is C=P([CH2-])(O)OC[C@@H]1C[C@@H](O)CC1C(=O)CCCCCCCCCCC(=O)CC(COCCC(=O)CCCCCC(=O)CCCCOC1OC(CO)C(O)C(O)C1C)(COCCC(=O)CCCCCC(=O)CCCCOC1OC(CO)C(O)C(O)C1C)COCCC(=O)NCCCNC(=O)CCCCOC1OC(CO)C(O)C(O)C1C. The van der Waals surface area contributed by atoms with Gasteiger partial charge >= 0.3 is 0 Å². The number of ketones is 6. The molecule has 3 aliphatic heterocycles. The largest absolute Gasteiger partial charge is 0.394 e. The van der Waals surface area contributed by atoms with E-state index in [9.17, 15) is 94.3 Å². The highest BCUT2D eigenvalue weighted by molar-refractivity contribution is 7.64. The summed E-state index contributed by atoms with van der Waals surface area (Å²) in [6, 6.07) is 0. The molecule has 0 bridgehead atoms. The van der Waals surface area contributed by atoms with Crippen molar-refractivity contribution in [2.24, 2.45) is 35.0 Å². The normalized spacial score (nSPS) is 27.4. The highest BCUT2D eigenvalue weighted by atomic mass is 31.2. The summed E-state index contributed by atoms with van der Waals surface area (Å²) in [5.41, 5.74) is -1.09. The van der Waals surface area contributed by atoms with Crippen LogP contribution in [0.15, 0.2) is 0 Å². The van der Waals surface area contributed by atoms with Crippen molar-refractivity contribution in [1.29, 1.82) is 0 Å². The molecule has 32 heteroatoms. The van der Waals surface area contributed by atoms with Crippen LogP contribution in [0.5, 0.6) is 0 Å². The first-order valence-corrected chi connectivity index (χ1v) is 44.8. The number of aliphatic hydroxyl groups excluding tert-OH is 10. The average Bonchev–Trinajstić information content (AvgIpc) is 1.71. The van der Waals surface area contributed by atoms with Gasteiger partial charge in [-0.1, -0.05) is 78.4 Å². The Morgan fingerprint density at radius 1 is 0.409 bits per heavy atom. The fourth-order valence-electron chi connectivity index (χ4n) is 14.9. The molecule has 2 amide bonds. The second kappa shape index (κ2) is 59.2. The van der Waals surface area contributed by atoms with Gasteiger partial charge in [-0.05, 0) is 110 Å². The molecule has 115 heavy (non-hydrogen) atoms. The Balaban J connectivity index is 1.28. The topological polar surface area (TPSA) is 475 Å². The summed E-state index contributed by atoms with van der Waals surface area (Å²) in [6.45, 7) is 8.58. The molecule has 0 aromatic rings. The van der Waals surface area contributed by atoms with Gasteiger partial charge in [0.15, 0.2) is 18.9 Å². The van der Waals surface area contributed by atoms with Gasteiger partial charge in [0.25, 0.3) is 0 Å². The predicted molar refractivity (Wildman–Crippen MR) is 426 cm³/mol. The third-order valence-corrected chi connectivity index (χ3v) is 22.9. The maximum absolute atomic E-state index is 14.2. The lowest BCUT2D eigenvalue weighted by Gasteiger charge is -2.40. The molecule has 13 N–H and O–H groups in total. The zero-order valence-corrected chi connectivity index (χ0v) is 70.0. The van der Waals surface area contributed by atoms with Crippen LogP contribution in [0.25, 0.3) is 0 Å². The molecule has 4 rings (SSSR count). The summed E-state index contributed by atoms with van der Waals surface area (Å²) in [4.78, 5) is 115. The molecule has 0 spiro atoms. The number of ether oxygens (including phenoxy) is 9. The molecule has 0 aromatic heterocycles. The number of carbonyl (C=O) groups excluding carboxylic acids is 8. The quantitative estimate of drug-likeness (QED) is 0.0198. The van der Waals surface area contributed by atoms with E-state index in [0.29, 0.717) is 141 Å². The van der Waals surface area contributed by atoms with Gasteiger partial charge in [0.1, 0.15) is 71.3 Å². The monoisotopic (exact) mass is 1670 g/mol. The van der Waals surface area contributed by atoms with Gasteiger partial charge in [0, 0.05) is 145 Å². The minimum Gasteiger partial charge on any atom is -0.394 e. The highest BCUT2D eigenvalue weighted by Crippen LogP contribution is 2.43. The van der Waals surface area contributed by atoms with E-state index in [0.717, 1.165) is 44.9 Å². The first kappa shape index (κ1) is 104. The second-order valence-electron chi connectivity index (χ2n) is 32.6. The van der Waals surface area contributed by atoms with E-state index in [1.807, 2.05) is 0 Å². The molecular weight excluding hydrogens is 1520 g/mol. The molecule has 0 aromatic carbocycles. The lowest BCUT2D eigenvalue weighted by atomic mass is 9.83. The number of nitrogens with one attached hydrogen (secondary N) is 2. The number of Topliss-reactive ketones (excluding diaryl/α,β-unsaturated/α-hetero) is 6. The molecule has 1 aliphatic carbocycles. The van der Waals surface area contributed by atoms with Crippen LogP contribution in [0.4, 0.5) is 0 Å². The minimum absolute atomic E-state index is 0.0209. The van der Waals surface area contributed by atoms with Crippen molar-refractivity contribution in [1.82, 2.24) is 10.6 Å². The van der Waals surface area contributed by atoms with Crippen LogP contribution in [0.1, 0.15) is 252 Å². The van der Waals surface area contributed by atoms with E-state index < -0.39 is 130 Å². The molecule has 4 aliphatic rings. The molecule has 31 nitrogen and oxygen atoms in total. The predicted octanol–water partition coefficient (Wildman–Crippen LogP) is 5.68. The smallest absolute Gasteiger partial charge is 0.222 e. The Hall–Kier alpha value is -3.58. The van der Waals surface area contributed by atoms with E-state index in [-0.39, 0.29) is 182 Å². The number of rotatable bonds is 69. The fraction of sp³-hybridized carbons (Fsp3) is 0.880. The molecule has 3 saturated heterocycles. The van der Waals surface area contributed by atoms with Gasteiger partial charge in [-0.2, -0.15) is 0 Å². The Labute approximate surface area is 681 Å². The Kier molecular flexibility index (Phi) is 53.4. The molecule has 17 unspecified atom stereocenters. The summed E-state index contributed by atoms with van der Waals surface area (Å²) in [5.74, 6) is -2.39. The standard InChI is InChI=1S/C83H146N2O29P/c1-57-74(98)77(101)69(50-86)112-80(57)108-41-23-20-31-61(89)27-15-12-17-29-63(91)36-44-105-54-83(49-65(93)33-14-10-8-6-7-9-11-19-34-68(95)67-48-66(94)47-60(67)53-111-115(4,5)104,55-106-45-37-64(92)30-18-13-16-28-62(90)32-21-24-42-109-81-58(2)75(99)78(102)70(51-87)113-81)56-107-46-38-73(97)85-40-26-39-84-72(96)35-22-25-43-110-82-59(3)76(100)79(103)71(52-88)114-82/h57-60,66-67,69-71,74-82,86-88,94,98-104H,4-56H2,1-3H3,(H,84,96)(H,85,97)/q-1/t57?,58?,59?,60-,66+,67?,69?,70?,71?,74?,75?,76?,77?,78?,79?,80?,81?,82?,83?/m0/s1. The van der Waals surface area contributed by atoms with E-state index in [2.05, 4.69) is 23.6 Å². The summed E-state index contributed by atoms with van der Waals surface area (Å²) in [7, 11) is -2.97. The first-order valence-electron chi connectivity index (χ1n) is 42.7. The molecule has 19 atom stereocenters. The van der Waals surface area contributed by atoms with Crippen molar-refractivity contribution < 1.29 is 141 Å². The summed E-state index contributed by atoms with van der Waals surface area (Å²) in [6.07, 6.45) is 8.75. The van der Waals surface area contributed by atoms with Crippen LogP contribution in [0.2, 0.25) is 0 Å². The lowest BCUT2D eigenvalue weighted by Crippen LogP contribution is -2.55. The lowest BCUT2D eigenvalue weighted by molar-refractivity contribution is -0.282. The van der Waals surface area contributed by atoms with Gasteiger partial charge in [-0.3, -0.25) is 45.0 Å². The van der Waals surface area contributed by atoms with Crippen molar-refractivity contribution in [2.45, 2.75) is 332 Å². The third-order valence-electron chi connectivity index (χ3n) is 22.3. The van der Waals surface area contributed by atoms with E-state index in [1.54, 1.807) is 20.8 Å². The van der Waals surface area contributed by atoms with Crippen molar-refractivity contribution in [3.05, 3.63) is 6.66 Å². The van der Waals surface area contributed by atoms with Gasteiger partial charge in [-0.25, -0.2) is 0 Å². The molecule has 3 heterocycles. The van der Waals surface area contributed by atoms with Crippen LogP contribution >= 0.6 is 7.34 Å². The van der Waals surface area contributed by atoms with Crippen LogP contribution < -0.4 is 10.6 Å². The third kappa shape index (κ3) is 42.7. The zero-order chi connectivity index (χ0) is 84.6. The zero-order valence-electron chi connectivity index (χ0n) is 69.1. The first-order chi connectivity index (χ1) is 55.0. The van der Waals surface area contributed by atoms with Crippen LogP contribution in [-0.4, -0.2) is 288 Å². The Morgan fingerprint density at radius 3 is 1.11 bits per heavy atom. The minimum atomic E-state index is -2.97. The Morgan fingerprint density at radius 2 is 0.730 bits per heavy atom. The van der Waals surface area contributed by atoms with Crippen LogP contribution in [-0.2, 0) is 85.5 Å². The molecule has 4 fully saturated rings. The number of aliphatic hydroxyl groups is 10. The Bertz CT molecular complexity index is 2570. The second-order valence-corrected chi connectivity index (χ2v) is 34.5. The maximum Gasteiger partial charge on any atom is 0.222 e. The highest BCUT2D eigenvalue weighted by Gasteiger charge is 2.46. The average molecular weight is 1670 g/mol. The van der Waals surface area contributed by atoms with Gasteiger partial charge in [-0.15, -0.1) is 0 Å². The van der Waals surface area contributed by atoms with E-state index in [1.165, 1.54) is 0 Å². The number of unbranched alkanes of at least 4 members (excludes halogenated alkanes) is 14. The molecule has 0 radical (unpaired) electrons. The number of carbonyl (C=O) groups is 8. The number of hydrogen-bond donors (Lipinski definition) is 13. The van der Waals surface area contributed by atoms with Crippen LogP contribution in [0, 0.1) is 41.7 Å². The number of hydrogen-bond acceptors (Lipinski definition) is 29. The van der Waals surface area contributed by atoms with Gasteiger partial charge in [0.05, 0.1) is 90.5 Å². The van der Waals surface area contributed by atoms with Crippen molar-refractivity contribution in [3.63, 3.8) is 0 Å². The fourth-order valence-corrected chi connectivity index (χ4v) is 15.4. The van der Waals surface area contributed by atoms with Crippen LogP contribution in [0.3, 0.4) is 0 Å². The number of amides is 2. The summed E-state index contributed by atoms with van der Waals surface area (Å²) < 4.78 is 58.3. The summed E-state index contributed by atoms with van der Waals surface area (Å²) in [5, 5.41) is 106.